The van der Waals surface area contributed by atoms with Gasteiger partial charge in [0, 0.05) is 17.5 Å². The zero-order valence-corrected chi connectivity index (χ0v) is 16.8. The van der Waals surface area contributed by atoms with Gasteiger partial charge in [-0.2, -0.15) is 0 Å². The minimum atomic E-state index is -0.912. The first-order valence-electron chi connectivity index (χ1n) is 9.11. The number of nitrogens with one attached hydrogen (secondary N) is 1. The molecule has 0 aliphatic heterocycles. The second-order valence-electron chi connectivity index (χ2n) is 6.35. The molecule has 146 valence electrons. The van der Waals surface area contributed by atoms with Crippen molar-refractivity contribution in [2.75, 3.05) is 13.2 Å². The monoisotopic (exact) mass is 390 g/mol. The van der Waals surface area contributed by atoms with Gasteiger partial charge in [0.2, 0.25) is 5.91 Å². The number of aromatic nitrogens is 1. The van der Waals surface area contributed by atoms with E-state index in [0.717, 1.165) is 16.3 Å². The Bertz CT molecular complexity index is 767. The highest BCUT2D eigenvalue weighted by atomic mass is 32.1. The highest BCUT2D eigenvalue weighted by Gasteiger charge is 2.35. The summed E-state index contributed by atoms with van der Waals surface area (Å²) in [6.07, 6.45) is 1.08. The molecule has 0 bridgehead atoms. The molecule has 2 aromatic rings. The Morgan fingerprint density at radius 3 is 2.41 bits per heavy atom. The number of hydrogen-bond donors (Lipinski definition) is 2. The summed E-state index contributed by atoms with van der Waals surface area (Å²) >= 11 is 1.48. The van der Waals surface area contributed by atoms with Crippen LogP contribution in [-0.2, 0) is 16.0 Å². The Labute approximate surface area is 163 Å². The highest BCUT2D eigenvalue weighted by molar-refractivity contribution is 7.13. The molecule has 1 aromatic heterocycles. The van der Waals surface area contributed by atoms with E-state index in [4.69, 9.17) is 4.74 Å². The van der Waals surface area contributed by atoms with Gasteiger partial charge in [0.15, 0.2) is 0 Å². The van der Waals surface area contributed by atoms with Gasteiger partial charge in [-0.05, 0) is 44.0 Å². The van der Waals surface area contributed by atoms with Crippen molar-refractivity contribution in [3.8, 4) is 16.3 Å². The fourth-order valence-electron chi connectivity index (χ4n) is 2.75. The molecule has 0 atom stereocenters. The lowest BCUT2D eigenvalue weighted by Gasteiger charge is -2.26. The van der Waals surface area contributed by atoms with Crippen LogP contribution in [0.3, 0.4) is 0 Å². The van der Waals surface area contributed by atoms with E-state index in [2.05, 4.69) is 10.3 Å². The maximum Gasteiger partial charge on any atom is 0.311 e. The summed E-state index contributed by atoms with van der Waals surface area (Å²) in [4.78, 5) is 28.2. The zero-order valence-electron chi connectivity index (χ0n) is 15.9. The van der Waals surface area contributed by atoms with E-state index in [0.29, 0.717) is 25.1 Å². The van der Waals surface area contributed by atoms with Gasteiger partial charge in [-0.1, -0.05) is 13.8 Å². The molecule has 0 saturated heterocycles. The minimum absolute atomic E-state index is 0.129. The average molecular weight is 391 g/mol. The Balaban J connectivity index is 1.96. The predicted molar refractivity (Wildman–Crippen MR) is 106 cm³/mol. The van der Waals surface area contributed by atoms with Gasteiger partial charge >= 0.3 is 5.97 Å². The van der Waals surface area contributed by atoms with Crippen LogP contribution < -0.4 is 10.1 Å². The minimum Gasteiger partial charge on any atom is -0.494 e. The van der Waals surface area contributed by atoms with Crippen LogP contribution in [0, 0.1) is 5.41 Å². The molecular weight excluding hydrogens is 364 g/mol. The van der Waals surface area contributed by atoms with Gasteiger partial charge in [0.05, 0.1) is 24.1 Å². The molecule has 0 fully saturated rings. The Kier molecular flexibility index (Phi) is 7.36. The molecule has 27 heavy (non-hydrogen) atoms. The summed E-state index contributed by atoms with van der Waals surface area (Å²) in [5.74, 6) is -0.281. The number of carbonyl (C=O) groups is 2. The number of thiazole rings is 1. The van der Waals surface area contributed by atoms with Crippen molar-refractivity contribution in [2.24, 2.45) is 5.41 Å². The van der Waals surface area contributed by atoms with Crippen LogP contribution in [-0.4, -0.2) is 35.1 Å². The molecule has 1 heterocycles. The maximum atomic E-state index is 12.2. The first kappa shape index (κ1) is 20.9. The third kappa shape index (κ3) is 5.29. The number of rotatable bonds is 10. The largest absolute Gasteiger partial charge is 0.494 e. The molecule has 0 radical (unpaired) electrons. The van der Waals surface area contributed by atoms with Crippen molar-refractivity contribution in [3.05, 3.63) is 35.3 Å². The number of aliphatic carboxylic acids is 1. The molecule has 6 nitrogen and oxygen atoms in total. The topological polar surface area (TPSA) is 88.5 Å². The van der Waals surface area contributed by atoms with E-state index in [1.54, 1.807) is 0 Å². The van der Waals surface area contributed by atoms with Crippen molar-refractivity contribution in [1.29, 1.82) is 0 Å². The number of hydrogen-bond acceptors (Lipinski definition) is 5. The number of carboxylic acids is 1. The van der Waals surface area contributed by atoms with Crippen LogP contribution >= 0.6 is 11.3 Å². The molecule has 0 unspecified atom stereocenters. The lowest BCUT2D eigenvalue weighted by molar-refractivity contribution is -0.149. The van der Waals surface area contributed by atoms with Crippen molar-refractivity contribution >= 4 is 23.2 Å². The van der Waals surface area contributed by atoms with E-state index >= 15 is 0 Å². The SMILES string of the molecule is CCOc1ccc(-c2nc(CC(=O)NCC(CC)(CC)C(=O)O)cs2)cc1. The summed E-state index contributed by atoms with van der Waals surface area (Å²) in [5, 5.41) is 14.9. The number of ether oxygens (including phenoxy) is 1. The summed E-state index contributed by atoms with van der Waals surface area (Å²) in [7, 11) is 0. The normalized spacial score (nSPS) is 11.2. The predicted octanol–water partition coefficient (Wildman–Crippen LogP) is 3.76. The van der Waals surface area contributed by atoms with Gasteiger partial charge < -0.3 is 15.2 Å². The molecule has 2 rings (SSSR count). The van der Waals surface area contributed by atoms with E-state index in [1.165, 1.54) is 11.3 Å². The number of benzene rings is 1. The molecular formula is C20H26N2O4S. The van der Waals surface area contributed by atoms with Crippen LogP contribution in [0.2, 0.25) is 0 Å². The molecule has 0 aliphatic rings. The fraction of sp³-hybridized carbons (Fsp3) is 0.450. The van der Waals surface area contributed by atoms with Crippen molar-refractivity contribution in [1.82, 2.24) is 10.3 Å². The Hall–Kier alpha value is -2.41. The molecule has 2 N–H and O–H groups in total. The highest BCUT2D eigenvalue weighted by Crippen LogP contribution is 2.27. The van der Waals surface area contributed by atoms with Crippen molar-refractivity contribution in [3.63, 3.8) is 0 Å². The maximum absolute atomic E-state index is 12.2. The second kappa shape index (κ2) is 9.50. The first-order valence-corrected chi connectivity index (χ1v) is 9.99. The van der Waals surface area contributed by atoms with E-state index < -0.39 is 11.4 Å². The smallest absolute Gasteiger partial charge is 0.311 e. The molecule has 1 aromatic carbocycles. The van der Waals surface area contributed by atoms with Gasteiger partial charge in [-0.25, -0.2) is 4.98 Å². The van der Waals surface area contributed by atoms with Crippen molar-refractivity contribution in [2.45, 2.75) is 40.0 Å². The van der Waals surface area contributed by atoms with Crippen LogP contribution in [0.15, 0.2) is 29.6 Å². The molecule has 0 saturated carbocycles. The summed E-state index contributed by atoms with van der Waals surface area (Å²) in [6, 6.07) is 7.68. The number of amides is 1. The quantitative estimate of drug-likeness (QED) is 0.645. The average Bonchev–Trinajstić information content (AvgIpc) is 3.12. The second-order valence-corrected chi connectivity index (χ2v) is 7.21. The van der Waals surface area contributed by atoms with Gasteiger partial charge in [0.25, 0.3) is 0 Å². The molecule has 0 aliphatic carbocycles. The first-order chi connectivity index (χ1) is 12.9. The van der Waals surface area contributed by atoms with Crippen LogP contribution in [0.25, 0.3) is 10.6 Å². The summed E-state index contributed by atoms with van der Waals surface area (Å²) < 4.78 is 5.43. The van der Waals surface area contributed by atoms with E-state index in [9.17, 15) is 14.7 Å². The number of carboxylic acid groups (broad SMARTS) is 1. The molecule has 1 amide bonds. The van der Waals surface area contributed by atoms with E-state index in [1.807, 2.05) is 50.4 Å². The molecule has 7 heteroatoms. The zero-order chi connectivity index (χ0) is 19.9. The molecule has 0 spiro atoms. The number of nitrogens with zero attached hydrogens (tertiary/aromatic N) is 1. The van der Waals surface area contributed by atoms with Crippen LogP contribution in [0.1, 0.15) is 39.3 Å². The fourth-order valence-corrected chi connectivity index (χ4v) is 3.58. The third-order valence-corrected chi connectivity index (χ3v) is 5.68. The van der Waals surface area contributed by atoms with Crippen LogP contribution in [0.5, 0.6) is 5.75 Å². The van der Waals surface area contributed by atoms with Crippen molar-refractivity contribution < 1.29 is 19.4 Å². The Morgan fingerprint density at radius 2 is 1.85 bits per heavy atom. The lowest BCUT2D eigenvalue weighted by Crippen LogP contribution is -2.42. The summed E-state index contributed by atoms with van der Waals surface area (Å²) in [6.45, 7) is 6.34. The van der Waals surface area contributed by atoms with Crippen LogP contribution in [0.4, 0.5) is 0 Å². The van der Waals surface area contributed by atoms with Gasteiger partial charge in [-0.3, -0.25) is 9.59 Å². The van der Waals surface area contributed by atoms with Gasteiger partial charge in [0.1, 0.15) is 10.8 Å². The Morgan fingerprint density at radius 1 is 1.19 bits per heavy atom. The van der Waals surface area contributed by atoms with Gasteiger partial charge in [-0.15, -0.1) is 11.3 Å². The van der Waals surface area contributed by atoms with E-state index in [-0.39, 0.29) is 18.9 Å². The standard InChI is InChI=1S/C20H26N2O4S/c1-4-20(5-2,19(24)25)13-21-17(23)11-15-12-27-18(22-15)14-7-9-16(10-8-14)26-6-3/h7-10,12H,4-6,11,13H2,1-3H3,(H,21,23)(H,24,25). The number of carbonyl (C=O) groups excluding carboxylic acids is 1. The third-order valence-electron chi connectivity index (χ3n) is 4.74. The lowest BCUT2D eigenvalue weighted by atomic mass is 9.82. The summed E-state index contributed by atoms with van der Waals surface area (Å²) in [5.41, 5.74) is 0.734.